The molecular formula is C35H45NO6. The predicted octanol–water partition coefficient (Wildman–Crippen LogP) is 6.68. The molecule has 0 aliphatic carbocycles. The molecule has 5 rings (SSSR count). The number of unbranched alkanes of at least 4 members (excludes halogenated alkanes) is 1. The van der Waals surface area contributed by atoms with Crippen molar-refractivity contribution in [3.05, 3.63) is 83.4 Å². The van der Waals surface area contributed by atoms with Crippen LogP contribution >= 0.6 is 0 Å². The van der Waals surface area contributed by atoms with Crippen molar-refractivity contribution in [2.75, 3.05) is 54.1 Å². The molecule has 0 bridgehead atoms. The van der Waals surface area contributed by atoms with E-state index in [4.69, 9.17) is 28.4 Å². The Bertz CT molecular complexity index is 1240. The van der Waals surface area contributed by atoms with Gasteiger partial charge in [-0.25, -0.2) is 0 Å². The average molecular weight is 576 g/mol. The van der Waals surface area contributed by atoms with Crippen LogP contribution in [0, 0.1) is 5.92 Å². The van der Waals surface area contributed by atoms with E-state index in [9.17, 15) is 0 Å². The van der Waals surface area contributed by atoms with Crippen molar-refractivity contribution >= 4 is 0 Å². The van der Waals surface area contributed by atoms with E-state index in [1.54, 1.807) is 14.2 Å². The second kappa shape index (κ2) is 14.8. The molecule has 0 saturated carbocycles. The lowest BCUT2D eigenvalue weighted by Crippen LogP contribution is -2.41. The molecule has 1 saturated heterocycles. The largest absolute Gasteiger partial charge is 0.494 e. The van der Waals surface area contributed by atoms with E-state index >= 15 is 0 Å². The van der Waals surface area contributed by atoms with E-state index in [1.165, 1.54) is 49.9 Å². The summed E-state index contributed by atoms with van der Waals surface area (Å²) in [5, 5.41) is 3.45. The Morgan fingerprint density at radius 2 is 1.43 bits per heavy atom. The van der Waals surface area contributed by atoms with Crippen LogP contribution in [0.3, 0.4) is 0 Å². The van der Waals surface area contributed by atoms with E-state index in [2.05, 4.69) is 54.7 Å². The molecule has 2 heterocycles. The summed E-state index contributed by atoms with van der Waals surface area (Å²) in [7, 11) is 3.24. The normalized spacial score (nSPS) is 20.4. The number of fused-ring (bicyclic) bond motifs is 1. The number of benzene rings is 3. The molecule has 2 unspecified atom stereocenters. The van der Waals surface area contributed by atoms with Crippen LogP contribution in [0.5, 0.6) is 23.0 Å². The maximum atomic E-state index is 6.40. The molecule has 1 fully saturated rings. The Hall–Kier alpha value is -3.26. The summed E-state index contributed by atoms with van der Waals surface area (Å²) in [5.74, 6) is 4.18. The van der Waals surface area contributed by atoms with Crippen LogP contribution in [0.4, 0.5) is 0 Å². The van der Waals surface area contributed by atoms with Gasteiger partial charge >= 0.3 is 0 Å². The van der Waals surface area contributed by atoms with Crippen molar-refractivity contribution in [2.45, 2.75) is 50.4 Å². The van der Waals surface area contributed by atoms with Crippen molar-refractivity contribution in [2.24, 2.45) is 5.92 Å². The first-order chi connectivity index (χ1) is 20.6. The van der Waals surface area contributed by atoms with E-state index in [1.807, 2.05) is 24.3 Å². The van der Waals surface area contributed by atoms with Gasteiger partial charge in [0.05, 0.1) is 13.2 Å². The zero-order valence-corrected chi connectivity index (χ0v) is 25.2. The number of nitrogens with one attached hydrogen (secondary N) is 1. The zero-order chi connectivity index (χ0) is 29.2. The van der Waals surface area contributed by atoms with E-state index < -0.39 is 0 Å². The number of hydrogen-bond donors (Lipinski definition) is 1. The Labute approximate surface area is 250 Å². The maximum absolute atomic E-state index is 6.40. The number of methoxy groups -OCH3 is 2. The molecule has 42 heavy (non-hydrogen) atoms. The fraction of sp³-hybridized carbons (Fsp3) is 0.486. The molecule has 3 aromatic carbocycles. The third kappa shape index (κ3) is 7.38. The van der Waals surface area contributed by atoms with Gasteiger partial charge in [0.25, 0.3) is 0 Å². The van der Waals surface area contributed by atoms with Crippen LogP contribution in [0.25, 0.3) is 0 Å². The highest BCUT2D eigenvalue weighted by Gasteiger charge is 2.43. The quantitative estimate of drug-likeness (QED) is 0.170. The highest BCUT2D eigenvalue weighted by atomic mass is 16.7. The molecule has 2 aliphatic heterocycles. The molecule has 2 atom stereocenters. The summed E-state index contributed by atoms with van der Waals surface area (Å²) in [5.41, 5.74) is 3.20. The van der Waals surface area contributed by atoms with Gasteiger partial charge in [-0.3, -0.25) is 0 Å². The second-order valence-corrected chi connectivity index (χ2v) is 11.6. The zero-order valence-electron chi connectivity index (χ0n) is 25.2. The lowest BCUT2D eigenvalue weighted by atomic mass is 9.65. The van der Waals surface area contributed by atoms with Gasteiger partial charge in [0.2, 0.25) is 0 Å². The van der Waals surface area contributed by atoms with Crippen LogP contribution in [-0.4, -0.2) is 54.1 Å². The fourth-order valence-electron chi connectivity index (χ4n) is 6.26. The number of piperidine rings is 1. The Morgan fingerprint density at radius 1 is 0.786 bits per heavy atom. The maximum Gasteiger partial charge on any atom is 0.188 e. The molecule has 0 amide bonds. The second-order valence-electron chi connectivity index (χ2n) is 11.6. The number of rotatable bonds is 14. The minimum atomic E-state index is -0.321. The molecular weight excluding hydrogens is 530 g/mol. The Balaban J connectivity index is 1.33. The molecule has 1 N–H and O–H groups in total. The number of ether oxygens (including phenoxy) is 6. The van der Waals surface area contributed by atoms with E-state index in [0.29, 0.717) is 6.61 Å². The SMILES string of the molecule is COCOc1ccc(C2(C)COc3cc(OCOC)ccc3C2c2ccc(OCCCCC3CCNCC3)cc2)cc1. The van der Waals surface area contributed by atoms with Gasteiger partial charge in [-0.15, -0.1) is 0 Å². The van der Waals surface area contributed by atoms with Crippen LogP contribution in [0.1, 0.15) is 61.6 Å². The minimum absolute atomic E-state index is 0.0579. The molecule has 0 radical (unpaired) electrons. The topological polar surface area (TPSA) is 67.4 Å². The van der Waals surface area contributed by atoms with E-state index in [-0.39, 0.29) is 24.9 Å². The van der Waals surface area contributed by atoms with Crippen LogP contribution in [0.15, 0.2) is 66.7 Å². The lowest BCUT2D eigenvalue weighted by molar-refractivity contribution is 0.0505. The Morgan fingerprint density at radius 3 is 2.14 bits per heavy atom. The molecule has 7 nitrogen and oxygen atoms in total. The summed E-state index contributed by atoms with van der Waals surface area (Å²) >= 11 is 0. The molecule has 226 valence electrons. The van der Waals surface area contributed by atoms with Crippen LogP contribution in [0.2, 0.25) is 0 Å². The summed E-state index contributed by atoms with van der Waals surface area (Å²) in [6.07, 6.45) is 6.25. The third-order valence-corrected chi connectivity index (χ3v) is 8.61. The van der Waals surface area contributed by atoms with Crippen LogP contribution in [-0.2, 0) is 14.9 Å². The van der Waals surface area contributed by atoms with Crippen molar-refractivity contribution in [3.63, 3.8) is 0 Å². The first-order valence-electron chi connectivity index (χ1n) is 15.1. The fourth-order valence-corrected chi connectivity index (χ4v) is 6.26. The first kappa shape index (κ1) is 30.2. The van der Waals surface area contributed by atoms with Gasteiger partial charge < -0.3 is 33.7 Å². The highest BCUT2D eigenvalue weighted by molar-refractivity contribution is 5.53. The van der Waals surface area contributed by atoms with Crippen molar-refractivity contribution in [1.29, 1.82) is 0 Å². The smallest absolute Gasteiger partial charge is 0.188 e. The van der Waals surface area contributed by atoms with Crippen LogP contribution < -0.4 is 24.3 Å². The van der Waals surface area contributed by atoms with E-state index in [0.717, 1.165) is 47.5 Å². The predicted molar refractivity (Wildman–Crippen MR) is 164 cm³/mol. The lowest BCUT2D eigenvalue weighted by Gasteiger charge is -2.43. The van der Waals surface area contributed by atoms with Gasteiger partial charge in [-0.05, 0) is 86.1 Å². The molecule has 7 heteroatoms. The molecule has 0 spiro atoms. The first-order valence-corrected chi connectivity index (χ1v) is 15.1. The van der Waals surface area contributed by atoms with Gasteiger partial charge in [0.1, 0.15) is 23.0 Å². The highest BCUT2D eigenvalue weighted by Crippen LogP contribution is 2.51. The van der Waals surface area contributed by atoms with Gasteiger partial charge in [-0.1, -0.05) is 43.7 Å². The minimum Gasteiger partial charge on any atom is -0.494 e. The standard InChI is InChI=1S/C35H45NO6/c1-35(28-9-13-30(14-10-28)41-24-37-2)23-40-33-22-31(42-25-38-3)15-16-32(33)34(35)27-7-11-29(12-8-27)39-21-5-4-6-26-17-19-36-20-18-26/h7-16,22,26,34,36H,4-6,17-21,23-25H2,1-3H3. The molecule has 2 aliphatic rings. The van der Waals surface area contributed by atoms with Gasteiger partial charge in [-0.2, -0.15) is 0 Å². The summed E-state index contributed by atoms with van der Waals surface area (Å²) in [6.45, 7) is 6.29. The average Bonchev–Trinajstić information content (AvgIpc) is 3.04. The van der Waals surface area contributed by atoms with Gasteiger partial charge in [0, 0.05) is 37.2 Å². The summed E-state index contributed by atoms with van der Waals surface area (Å²) < 4.78 is 34.1. The van der Waals surface area contributed by atoms with Crippen molar-refractivity contribution in [3.8, 4) is 23.0 Å². The Kier molecular flexibility index (Phi) is 10.6. The van der Waals surface area contributed by atoms with Crippen molar-refractivity contribution < 1.29 is 28.4 Å². The van der Waals surface area contributed by atoms with Crippen molar-refractivity contribution in [1.82, 2.24) is 5.32 Å². The summed E-state index contributed by atoms with van der Waals surface area (Å²) in [4.78, 5) is 0. The molecule has 0 aromatic heterocycles. The number of hydrogen-bond acceptors (Lipinski definition) is 7. The third-order valence-electron chi connectivity index (χ3n) is 8.61. The summed E-state index contributed by atoms with van der Waals surface area (Å²) in [6, 6.07) is 22.9. The van der Waals surface area contributed by atoms with Gasteiger partial charge in [0.15, 0.2) is 13.6 Å². The monoisotopic (exact) mass is 575 g/mol. The molecule has 3 aromatic rings.